The van der Waals surface area contributed by atoms with Gasteiger partial charge in [0.1, 0.15) is 5.82 Å². The summed E-state index contributed by atoms with van der Waals surface area (Å²) >= 11 is 0. The normalized spacial score (nSPS) is 10.7. The van der Waals surface area contributed by atoms with Gasteiger partial charge in [0.05, 0.1) is 12.2 Å². The number of nitrogens with one attached hydrogen (secondary N) is 1. The van der Waals surface area contributed by atoms with Gasteiger partial charge in [-0.3, -0.25) is 4.79 Å². The number of hydrogen-bond acceptors (Lipinski definition) is 2. The van der Waals surface area contributed by atoms with Crippen molar-refractivity contribution >= 4 is 5.91 Å². The molecule has 0 aliphatic rings. The van der Waals surface area contributed by atoms with Crippen LogP contribution < -0.4 is 5.32 Å². The molecule has 0 unspecified atom stereocenters. The molecule has 0 heterocycles. The lowest BCUT2D eigenvalue weighted by Crippen LogP contribution is -2.45. The van der Waals surface area contributed by atoms with Crippen LogP contribution >= 0.6 is 0 Å². The quantitative estimate of drug-likeness (QED) is 0.820. The highest BCUT2D eigenvalue weighted by Crippen LogP contribution is 2.16. The highest BCUT2D eigenvalue weighted by molar-refractivity contribution is 5.95. The van der Waals surface area contributed by atoms with Crippen LogP contribution in [0.1, 0.15) is 56.0 Å². The van der Waals surface area contributed by atoms with Crippen LogP contribution in [0.4, 0.5) is 4.39 Å². The van der Waals surface area contributed by atoms with Gasteiger partial charge in [0, 0.05) is 17.5 Å². The standard InChI is InChI=1S/C17H22FNO2/c1-4-17(3,5-2)19-16(21)14-12-13(8-6-7-11-20)9-10-15(14)18/h9-10,12,20H,4-5,7,11H2,1-3H3,(H,19,21). The fraction of sp³-hybridized carbons (Fsp3) is 0.471. The summed E-state index contributed by atoms with van der Waals surface area (Å²) in [5, 5.41) is 11.6. The first kappa shape index (κ1) is 17.2. The van der Waals surface area contributed by atoms with E-state index < -0.39 is 11.7 Å². The molecule has 0 saturated heterocycles. The molecule has 0 spiro atoms. The summed E-state index contributed by atoms with van der Waals surface area (Å²) < 4.78 is 13.8. The summed E-state index contributed by atoms with van der Waals surface area (Å²) in [5.41, 5.74) is 0.214. The molecule has 2 N–H and O–H groups in total. The highest BCUT2D eigenvalue weighted by atomic mass is 19.1. The Balaban J connectivity index is 2.99. The summed E-state index contributed by atoms with van der Waals surface area (Å²) in [6, 6.07) is 4.21. The second-order valence-corrected chi connectivity index (χ2v) is 5.19. The Kier molecular flexibility index (Phi) is 6.39. The molecule has 0 radical (unpaired) electrons. The third kappa shape index (κ3) is 4.87. The van der Waals surface area contributed by atoms with Crippen molar-refractivity contribution in [2.45, 2.75) is 45.6 Å². The summed E-state index contributed by atoms with van der Waals surface area (Å²) in [7, 11) is 0. The van der Waals surface area contributed by atoms with Gasteiger partial charge in [0.15, 0.2) is 0 Å². The lowest BCUT2D eigenvalue weighted by Gasteiger charge is -2.28. The van der Waals surface area contributed by atoms with Crippen LogP contribution in [0.25, 0.3) is 0 Å². The van der Waals surface area contributed by atoms with Crippen molar-refractivity contribution in [3.05, 3.63) is 35.1 Å². The third-order valence-electron chi connectivity index (χ3n) is 3.66. The van der Waals surface area contributed by atoms with E-state index in [0.717, 1.165) is 12.8 Å². The summed E-state index contributed by atoms with van der Waals surface area (Å²) in [5.74, 6) is 4.57. The maximum atomic E-state index is 13.8. The van der Waals surface area contributed by atoms with E-state index in [1.807, 2.05) is 20.8 Å². The maximum absolute atomic E-state index is 13.8. The van der Waals surface area contributed by atoms with E-state index in [1.165, 1.54) is 18.2 Å². The molecule has 0 aliphatic carbocycles. The molecule has 0 aromatic heterocycles. The number of amides is 1. The number of aliphatic hydroxyl groups is 1. The van der Waals surface area contributed by atoms with E-state index in [0.29, 0.717) is 12.0 Å². The molecule has 1 amide bonds. The first-order chi connectivity index (χ1) is 9.95. The van der Waals surface area contributed by atoms with Gasteiger partial charge in [-0.05, 0) is 38.0 Å². The molecule has 114 valence electrons. The van der Waals surface area contributed by atoms with Crippen LogP contribution in [0, 0.1) is 17.7 Å². The van der Waals surface area contributed by atoms with Crippen molar-refractivity contribution in [2.75, 3.05) is 6.61 Å². The Labute approximate surface area is 125 Å². The van der Waals surface area contributed by atoms with Gasteiger partial charge in [-0.25, -0.2) is 4.39 Å². The Hall–Kier alpha value is -1.86. The van der Waals surface area contributed by atoms with Gasteiger partial charge in [0.2, 0.25) is 0 Å². The monoisotopic (exact) mass is 291 g/mol. The number of carbonyl (C=O) groups excluding carboxylic acids is 1. The summed E-state index contributed by atoms with van der Waals surface area (Å²) in [6.45, 7) is 5.88. The van der Waals surface area contributed by atoms with E-state index in [4.69, 9.17) is 5.11 Å². The minimum atomic E-state index is -0.560. The second kappa shape index (κ2) is 7.80. The van der Waals surface area contributed by atoms with Crippen molar-refractivity contribution in [3.8, 4) is 11.8 Å². The summed E-state index contributed by atoms with van der Waals surface area (Å²) in [6.07, 6.45) is 1.89. The third-order valence-corrected chi connectivity index (χ3v) is 3.66. The molecule has 0 atom stereocenters. The molecule has 1 rings (SSSR count). The molecule has 0 fully saturated rings. The van der Waals surface area contributed by atoms with Crippen LogP contribution in [0.15, 0.2) is 18.2 Å². The molecule has 1 aromatic carbocycles. The van der Waals surface area contributed by atoms with Crippen LogP contribution in [0.3, 0.4) is 0 Å². The zero-order chi connectivity index (χ0) is 15.9. The van der Waals surface area contributed by atoms with E-state index >= 15 is 0 Å². The van der Waals surface area contributed by atoms with Gasteiger partial charge in [-0.15, -0.1) is 0 Å². The topological polar surface area (TPSA) is 49.3 Å². The minimum absolute atomic E-state index is 0.000997. The highest BCUT2D eigenvalue weighted by Gasteiger charge is 2.24. The van der Waals surface area contributed by atoms with Crippen molar-refractivity contribution in [1.82, 2.24) is 5.32 Å². The molecular weight excluding hydrogens is 269 g/mol. The average molecular weight is 291 g/mol. The van der Waals surface area contributed by atoms with Gasteiger partial charge in [-0.2, -0.15) is 0 Å². The van der Waals surface area contributed by atoms with E-state index in [1.54, 1.807) is 0 Å². The number of aliphatic hydroxyl groups excluding tert-OH is 1. The maximum Gasteiger partial charge on any atom is 0.254 e. The fourth-order valence-electron chi connectivity index (χ4n) is 1.77. The minimum Gasteiger partial charge on any atom is -0.395 e. The molecule has 1 aromatic rings. The van der Waals surface area contributed by atoms with Gasteiger partial charge >= 0.3 is 0 Å². The number of carbonyl (C=O) groups is 1. The van der Waals surface area contributed by atoms with E-state index in [2.05, 4.69) is 17.2 Å². The zero-order valence-electron chi connectivity index (χ0n) is 12.8. The van der Waals surface area contributed by atoms with Crippen LogP contribution in [0.5, 0.6) is 0 Å². The predicted molar refractivity (Wildman–Crippen MR) is 81.4 cm³/mol. The Morgan fingerprint density at radius 1 is 1.38 bits per heavy atom. The van der Waals surface area contributed by atoms with Gasteiger partial charge in [0.25, 0.3) is 5.91 Å². The molecule has 0 saturated carbocycles. The molecule has 21 heavy (non-hydrogen) atoms. The predicted octanol–water partition coefficient (Wildman–Crippen LogP) is 2.87. The Bertz CT molecular complexity index is 554. The van der Waals surface area contributed by atoms with Crippen molar-refractivity contribution in [3.63, 3.8) is 0 Å². The van der Waals surface area contributed by atoms with E-state index in [9.17, 15) is 9.18 Å². The van der Waals surface area contributed by atoms with Crippen LogP contribution in [0.2, 0.25) is 0 Å². The van der Waals surface area contributed by atoms with Gasteiger partial charge < -0.3 is 10.4 Å². The lowest BCUT2D eigenvalue weighted by molar-refractivity contribution is 0.0897. The zero-order valence-corrected chi connectivity index (χ0v) is 12.8. The smallest absolute Gasteiger partial charge is 0.254 e. The SMILES string of the molecule is CCC(C)(CC)NC(=O)c1cc(C#CCCO)ccc1F. The number of halogens is 1. The Morgan fingerprint density at radius 2 is 2.05 bits per heavy atom. The average Bonchev–Trinajstić information content (AvgIpc) is 2.49. The van der Waals surface area contributed by atoms with Crippen molar-refractivity contribution < 1.29 is 14.3 Å². The molecule has 3 nitrogen and oxygen atoms in total. The first-order valence-electron chi connectivity index (χ1n) is 7.17. The number of hydrogen-bond donors (Lipinski definition) is 2. The van der Waals surface area contributed by atoms with E-state index in [-0.39, 0.29) is 17.7 Å². The molecular formula is C17H22FNO2. The summed E-state index contributed by atoms with van der Waals surface area (Å²) in [4.78, 5) is 12.2. The number of rotatable bonds is 5. The van der Waals surface area contributed by atoms with Crippen LogP contribution in [-0.4, -0.2) is 23.2 Å². The molecule has 4 heteroatoms. The molecule has 0 aliphatic heterocycles. The van der Waals surface area contributed by atoms with Crippen LogP contribution in [-0.2, 0) is 0 Å². The number of benzene rings is 1. The second-order valence-electron chi connectivity index (χ2n) is 5.19. The fourth-order valence-corrected chi connectivity index (χ4v) is 1.77. The van der Waals surface area contributed by atoms with Crippen molar-refractivity contribution in [1.29, 1.82) is 0 Å². The Morgan fingerprint density at radius 3 is 2.62 bits per heavy atom. The van der Waals surface area contributed by atoms with Crippen molar-refractivity contribution in [2.24, 2.45) is 0 Å². The first-order valence-corrected chi connectivity index (χ1v) is 7.17. The molecule has 0 bridgehead atoms. The largest absolute Gasteiger partial charge is 0.395 e. The lowest BCUT2D eigenvalue weighted by atomic mass is 9.95. The van der Waals surface area contributed by atoms with Gasteiger partial charge in [-0.1, -0.05) is 25.7 Å².